The number of halogens is 2. The fourth-order valence-electron chi connectivity index (χ4n) is 1.26. The molecule has 1 aromatic carbocycles. The number of hydrogen-bond donors (Lipinski definition) is 0. The van der Waals surface area contributed by atoms with Crippen LogP contribution in [-0.4, -0.2) is 9.91 Å². The van der Waals surface area contributed by atoms with Crippen molar-refractivity contribution in [3.63, 3.8) is 0 Å². The van der Waals surface area contributed by atoms with E-state index in [1.165, 1.54) is 30.5 Å². The molecule has 18 heavy (non-hydrogen) atoms. The lowest BCUT2D eigenvalue weighted by Gasteiger charge is -2.05. The summed E-state index contributed by atoms with van der Waals surface area (Å²) in [5.41, 5.74) is -0.320. The molecule has 0 saturated carbocycles. The van der Waals surface area contributed by atoms with Gasteiger partial charge in [0.05, 0.1) is 4.92 Å². The second-order valence-electron chi connectivity index (χ2n) is 3.26. The highest BCUT2D eigenvalue weighted by atomic mass is 79.9. The zero-order valence-corrected chi connectivity index (χ0v) is 10.4. The molecule has 5 nitrogen and oxygen atoms in total. The number of pyridine rings is 1. The van der Waals surface area contributed by atoms with Crippen LogP contribution < -0.4 is 4.74 Å². The second kappa shape index (κ2) is 5.09. The van der Waals surface area contributed by atoms with Crippen molar-refractivity contribution in [2.75, 3.05) is 0 Å². The van der Waals surface area contributed by atoms with Gasteiger partial charge in [-0.3, -0.25) is 10.1 Å². The first kappa shape index (κ1) is 12.4. The molecule has 1 heterocycles. The maximum Gasteiger partial charge on any atom is 0.331 e. The Morgan fingerprint density at radius 1 is 1.39 bits per heavy atom. The normalized spacial score (nSPS) is 10.1. The molecule has 7 heteroatoms. The van der Waals surface area contributed by atoms with Gasteiger partial charge in [0, 0.05) is 16.7 Å². The molecule has 0 bridgehead atoms. The van der Waals surface area contributed by atoms with Gasteiger partial charge >= 0.3 is 5.69 Å². The molecule has 0 atom stereocenters. The summed E-state index contributed by atoms with van der Waals surface area (Å²) in [6.07, 6.45) is 1.33. The SMILES string of the molecule is O=[N+]([O-])c1cccnc1Oc1ccc(Br)cc1F. The lowest BCUT2D eigenvalue weighted by molar-refractivity contribution is -0.386. The van der Waals surface area contributed by atoms with Gasteiger partial charge in [0.25, 0.3) is 5.88 Å². The Morgan fingerprint density at radius 2 is 2.17 bits per heavy atom. The van der Waals surface area contributed by atoms with E-state index in [2.05, 4.69) is 20.9 Å². The molecule has 0 N–H and O–H groups in total. The molecule has 1 aromatic heterocycles. The first-order valence-electron chi connectivity index (χ1n) is 4.80. The van der Waals surface area contributed by atoms with E-state index >= 15 is 0 Å². The third-order valence-electron chi connectivity index (χ3n) is 2.05. The van der Waals surface area contributed by atoms with Gasteiger partial charge in [-0.1, -0.05) is 15.9 Å². The molecule has 2 aromatic rings. The number of hydrogen-bond acceptors (Lipinski definition) is 4. The van der Waals surface area contributed by atoms with Crippen molar-refractivity contribution >= 4 is 21.6 Å². The smallest absolute Gasteiger partial charge is 0.331 e. The third-order valence-corrected chi connectivity index (χ3v) is 2.54. The number of nitro groups is 1. The predicted molar refractivity (Wildman–Crippen MR) is 65.1 cm³/mol. The fraction of sp³-hybridized carbons (Fsp3) is 0. The molecule has 92 valence electrons. The Hall–Kier alpha value is -2.02. The summed E-state index contributed by atoms with van der Waals surface area (Å²) < 4.78 is 19.2. The van der Waals surface area contributed by atoms with Crippen LogP contribution in [0.4, 0.5) is 10.1 Å². The van der Waals surface area contributed by atoms with Crippen LogP contribution in [0, 0.1) is 15.9 Å². The number of ether oxygens (including phenoxy) is 1. The van der Waals surface area contributed by atoms with E-state index < -0.39 is 10.7 Å². The number of benzene rings is 1. The predicted octanol–water partition coefficient (Wildman–Crippen LogP) is 3.68. The minimum absolute atomic E-state index is 0.125. The summed E-state index contributed by atoms with van der Waals surface area (Å²) in [6.45, 7) is 0. The Balaban J connectivity index is 2.37. The molecule has 0 radical (unpaired) electrons. The summed E-state index contributed by atoms with van der Waals surface area (Å²) >= 11 is 3.10. The highest BCUT2D eigenvalue weighted by Gasteiger charge is 2.17. The standard InChI is InChI=1S/C11H6BrFN2O3/c12-7-3-4-10(8(13)6-7)18-11-9(15(16)17)2-1-5-14-11/h1-6H. The highest BCUT2D eigenvalue weighted by Crippen LogP contribution is 2.30. The van der Waals surface area contributed by atoms with Gasteiger partial charge in [0.1, 0.15) is 0 Å². The maximum atomic E-state index is 13.5. The molecule has 0 aliphatic rings. The largest absolute Gasteiger partial charge is 0.431 e. The topological polar surface area (TPSA) is 65.3 Å². The lowest BCUT2D eigenvalue weighted by atomic mass is 10.3. The van der Waals surface area contributed by atoms with Gasteiger partial charge in [-0.05, 0) is 24.3 Å². The summed E-state index contributed by atoms with van der Waals surface area (Å²) in [4.78, 5) is 13.8. The van der Waals surface area contributed by atoms with Gasteiger partial charge in [-0.2, -0.15) is 0 Å². The first-order valence-corrected chi connectivity index (χ1v) is 5.59. The van der Waals surface area contributed by atoms with Crippen molar-refractivity contribution < 1.29 is 14.1 Å². The fourth-order valence-corrected chi connectivity index (χ4v) is 1.60. The Labute approximate surface area is 110 Å². The van der Waals surface area contributed by atoms with E-state index in [9.17, 15) is 14.5 Å². The summed E-state index contributed by atoms with van der Waals surface area (Å²) in [6, 6.07) is 6.76. The van der Waals surface area contributed by atoms with Crippen molar-refractivity contribution in [2.45, 2.75) is 0 Å². The molecule has 0 amide bonds. The molecule has 0 fully saturated rings. The van der Waals surface area contributed by atoms with Crippen molar-refractivity contribution in [2.24, 2.45) is 0 Å². The average Bonchev–Trinajstić information content (AvgIpc) is 2.33. The molecule has 0 saturated heterocycles. The molecule has 0 aliphatic heterocycles. The van der Waals surface area contributed by atoms with E-state index in [4.69, 9.17) is 4.74 Å². The first-order chi connectivity index (χ1) is 8.58. The molecule has 0 aliphatic carbocycles. The summed E-state index contributed by atoms with van der Waals surface area (Å²) in [5.74, 6) is -1.01. The molecule has 2 rings (SSSR count). The number of aromatic nitrogens is 1. The quantitative estimate of drug-likeness (QED) is 0.640. The minimum atomic E-state index is -0.640. The van der Waals surface area contributed by atoms with Gasteiger partial charge in [0.2, 0.25) is 0 Å². The Morgan fingerprint density at radius 3 is 2.83 bits per heavy atom. The number of rotatable bonds is 3. The minimum Gasteiger partial charge on any atom is -0.431 e. The molecule has 0 unspecified atom stereocenters. The van der Waals surface area contributed by atoms with Crippen LogP contribution in [0.15, 0.2) is 41.0 Å². The van der Waals surface area contributed by atoms with Crippen LogP contribution in [0.2, 0.25) is 0 Å². The molecular formula is C11H6BrFN2O3. The summed E-state index contributed by atoms with van der Waals surface area (Å²) in [5, 5.41) is 10.7. The van der Waals surface area contributed by atoms with Crippen molar-refractivity contribution in [1.82, 2.24) is 4.98 Å². The zero-order chi connectivity index (χ0) is 13.1. The maximum absolute atomic E-state index is 13.5. The zero-order valence-electron chi connectivity index (χ0n) is 8.84. The van der Waals surface area contributed by atoms with Crippen molar-refractivity contribution in [1.29, 1.82) is 0 Å². The summed E-state index contributed by atoms with van der Waals surface area (Å²) in [7, 11) is 0. The van der Waals surface area contributed by atoms with Gasteiger partial charge in [-0.25, -0.2) is 9.37 Å². The van der Waals surface area contributed by atoms with E-state index in [1.807, 2.05) is 0 Å². The Bertz CT molecular complexity index is 607. The van der Waals surface area contributed by atoms with E-state index in [0.29, 0.717) is 4.47 Å². The van der Waals surface area contributed by atoms with Crippen LogP contribution >= 0.6 is 15.9 Å². The monoisotopic (exact) mass is 312 g/mol. The molecular weight excluding hydrogens is 307 g/mol. The third kappa shape index (κ3) is 2.62. The lowest BCUT2D eigenvalue weighted by Crippen LogP contribution is -1.96. The van der Waals surface area contributed by atoms with Gasteiger partial charge < -0.3 is 4.74 Å². The highest BCUT2D eigenvalue weighted by molar-refractivity contribution is 9.10. The van der Waals surface area contributed by atoms with Gasteiger partial charge in [0.15, 0.2) is 11.6 Å². The molecule has 0 spiro atoms. The van der Waals surface area contributed by atoms with Crippen LogP contribution in [-0.2, 0) is 0 Å². The van der Waals surface area contributed by atoms with Crippen LogP contribution in [0.1, 0.15) is 0 Å². The van der Waals surface area contributed by atoms with Crippen LogP contribution in [0.25, 0.3) is 0 Å². The Kier molecular flexibility index (Phi) is 3.52. The van der Waals surface area contributed by atoms with Crippen molar-refractivity contribution in [3.8, 4) is 11.6 Å². The second-order valence-corrected chi connectivity index (χ2v) is 4.18. The van der Waals surface area contributed by atoms with Crippen LogP contribution in [0.5, 0.6) is 11.6 Å². The van der Waals surface area contributed by atoms with Crippen LogP contribution in [0.3, 0.4) is 0 Å². The van der Waals surface area contributed by atoms with E-state index in [0.717, 1.165) is 0 Å². The van der Waals surface area contributed by atoms with Gasteiger partial charge in [-0.15, -0.1) is 0 Å². The van der Waals surface area contributed by atoms with Crippen molar-refractivity contribution in [3.05, 3.63) is 56.9 Å². The average molecular weight is 313 g/mol. The van der Waals surface area contributed by atoms with E-state index in [-0.39, 0.29) is 17.3 Å². The van der Waals surface area contributed by atoms with E-state index in [1.54, 1.807) is 6.07 Å². The number of nitrogens with zero attached hydrogens (tertiary/aromatic N) is 2.